The fourth-order valence-corrected chi connectivity index (χ4v) is 9.52. The van der Waals surface area contributed by atoms with E-state index < -0.39 is 0 Å². The van der Waals surface area contributed by atoms with Gasteiger partial charge in [-0.3, -0.25) is 0 Å². The van der Waals surface area contributed by atoms with Crippen LogP contribution in [0.1, 0.15) is 25.0 Å². The van der Waals surface area contributed by atoms with Crippen LogP contribution in [0.25, 0.3) is 99.2 Å². The maximum absolute atomic E-state index is 6.34. The highest BCUT2D eigenvalue weighted by atomic mass is 16.3. The average molecular weight is 691 g/mol. The molecule has 0 spiro atoms. The van der Waals surface area contributed by atoms with Crippen molar-refractivity contribution in [1.82, 2.24) is 9.13 Å². The van der Waals surface area contributed by atoms with E-state index >= 15 is 0 Å². The molecule has 3 aromatic heterocycles. The number of aromatic nitrogens is 2. The standard InChI is InChI=1S/C51H34N2O/c1-51(2)43-28-34(22-23-35(43)39-29-42-38-16-8-11-19-49(38)54-50(42)30-44(39)51)53-46-18-10-7-15-37(46)41-27-32(21-25-48(41)53)31-20-24-47-40(26-31)36-14-6-9-17-45(36)52(47)33-12-4-3-5-13-33/h3-30H,1-2H3. The highest BCUT2D eigenvalue weighted by Crippen LogP contribution is 2.51. The Morgan fingerprint density at radius 2 is 0.926 bits per heavy atom. The Kier molecular flexibility index (Phi) is 5.84. The van der Waals surface area contributed by atoms with E-state index in [1.807, 2.05) is 6.07 Å². The van der Waals surface area contributed by atoms with Crippen LogP contribution in [0.15, 0.2) is 174 Å². The molecule has 8 aromatic carbocycles. The summed E-state index contributed by atoms with van der Waals surface area (Å²) in [6.07, 6.45) is 0. The summed E-state index contributed by atoms with van der Waals surface area (Å²) in [6, 6.07) is 62.2. The minimum absolute atomic E-state index is 0.179. The molecule has 3 heterocycles. The highest BCUT2D eigenvalue weighted by Gasteiger charge is 2.37. The third-order valence-electron chi connectivity index (χ3n) is 12.1. The SMILES string of the molecule is CC1(C)c2cc(-n3c4ccccc4c4cc(-c5ccc6c(c5)c5ccccc5n6-c5ccccc5)ccc43)ccc2-c2cc3c(cc21)oc1ccccc13. The third-order valence-corrected chi connectivity index (χ3v) is 12.1. The van der Waals surface area contributed by atoms with Crippen molar-refractivity contribution in [3.63, 3.8) is 0 Å². The predicted octanol–water partition coefficient (Wildman–Crippen LogP) is 13.8. The van der Waals surface area contributed by atoms with Gasteiger partial charge in [0.15, 0.2) is 0 Å². The van der Waals surface area contributed by atoms with E-state index in [1.54, 1.807) is 0 Å². The number of furan rings is 1. The molecule has 0 N–H and O–H groups in total. The summed E-state index contributed by atoms with van der Waals surface area (Å²) in [5.74, 6) is 0. The largest absolute Gasteiger partial charge is 0.456 e. The number of para-hydroxylation sites is 4. The van der Waals surface area contributed by atoms with Gasteiger partial charge >= 0.3 is 0 Å². The molecule has 0 bridgehead atoms. The van der Waals surface area contributed by atoms with Crippen molar-refractivity contribution in [2.24, 2.45) is 0 Å². The zero-order valence-corrected chi connectivity index (χ0v) is 30.0. The molecule has 0 saturated heterocycles. The highest BCUT2D eigenvalue weighted by molar-refractivity contribution is 6.13. The Balaban J connectivity index is 1.01. The van der Waals surface area contributed by atoms with E-state index in [0.29, 0.717) is 0 Å². The molecule has 0 fully saturated rings. The molecule has 1 aliphatic carbocycles. The van der Waals surface area contributed by atoms with Crippen LogP contribution in [0.4, 0.5) is 0 Å². The van der Waals surface area contributed by atoms with Gasteiger partial charge in [-0.1, -0.05) is 105 Å². The van der Waals surface area contributed by atoms with Crippen molar-refractivity contribution < 1.29 is 4.42 Å². The molecular weight excluding hydrogens is 657 g/mol. The zero-order chi connectivity index (χ0) is 35.7. The van der Waals surface area contributed by atoms with E-state index in [-0.39, 0.29) is 5.41 Å². The van der Waals surface area contributed by atoms with Crippen molar-refractivity contribution in [2.45, 2.75) is 19.3 Å². The van der Waals surface area contributed by atoms with Gasteiger partial charge in [-0.2, -0.15) is 0 Å². The molecule has 0 aliphatic heterocycles. The molecule has 54 heavy (non-hydrogen) atoms. The van der Waals surface area contributed by atoms with Gasteiger partial charge < -0.3 is 13.6 Å². The topological polar surface area (TPSA) is 23.0 Å². The van der Waals surface area contributed by atoms with Gasteiger partial charge in [-0.05, 0) is 112 Å². The lowest BCUT2D eigenvalue weighted by molar-refractivity contribution is 0.647. The summed E-state index contributed by atoms with van der Waals surface area (Å²) in [5, 5.41) is 7.38. The van der Waals surface area contributed by atoms with Gasteiger partial charge in [0.1, 0.15) is 11.2 Å². The smallest absolute Gasteiger partial charge is 0.135 e. The Morgan fingerprint density at radius 1 is 0.370 bits per heavy atom. The molecule has 0 unspecified atom stereocenters. The lowest BCUT2D eigenvalue weighted by Crippen LogP contribution is -2.15. The maximum Gasteiger partial charge on any atom is 0.135 e. The normalized spacial score (nSPS) is 13.5. The summed E-state index contributed by atoms with van der Waals surface area (Å²) < 4.78 is 11.2. The molecule has 0 amide bonds. The molecule has 254 valence electrons. The summed E-state index contributed by atoms with van der Waals surface area (Å²) in [5.41, 5.74) is 16.6. The first kappa shape index (κ1) is 29.7. The monoisotopic (exact) mass is 690 g/mol. The van der Waals surface area contributed by atoms with Crippen LogP contribution in [0, 0.1) is 0 Å². The van der Waals surface area contributed by atoms with Gasteiger partial charge in [-0.25, -0.2) is 0 Å². The number of benzene rings is 8. The predicted molar refractivity (Wildman–Crippen MR) is 225 cm³/mol. The molecule has 1 aliphatic rings. The first-order valence-corrected chi connectivity index (χ1v) is 18.8. The first-order valence-electron chi connectivity index (χ1n) is 18.8. The summed E-state index contributed by atoms with van der Waals surface area (Å²) in [4.78, 5) is 0. The van der Waals surface area contributed by atoms with Crippen LogP contribution in [0.3, 0.4) is 0 Å². The number of nitrogens with zero attached hydrogens (tertiary/aromatic N) is 2. The molecule has 0 atom stereocenters. The Hall–Kier alpha value is -6.84. The second-order valence-corrected chi connectivity index (χ2v) is 15.4. The van der Waals surface area contributed by atoms with Crippen molar-refractivity contribution >= 4 is 65.6 Å². The van der Waals surface area contributed by atoms with Crippen LogP contribution >= 0.6 is 0 Å². The quantitative estimate of drug-likeness (QED) is 0.181. The van der Waals surface area contributed by atoms with Crippen LogP contribution < -0.4 is 0 Å². The van der Waals surface area contributed by atoms with E-state index in [0.717, 1.165) is 11.2 Å². The summed E-state index contributed by atoms with van der Waals surface area (Å²) >= 11 is 0. The Morgan fingerprint density at radius 3 is 1.61 bits per heavy atom. The van der Waals surface area contributed by atoms with Gasteiger partial charge in [0, 0.05) is 49.1 Å². The lowest BCUT2D eigenvalue weighted by atomic mass is 9.82. The van der Waals surface area contributed by atoms with E-state index in [2.05, 4.69) is 187 Å². The molecule has 0 radical (unpaired) electrons. The summed E-state index contributed by atoms with van der Waals surface area (Å²) in [6.45, 7) is 4.70. The zero-order valence-electron chi connectivity index (χ0n) is 30.0. The lowest BCUT2D eigenvalue weighted by Gasteiger charge is -2.22. The van der Waals surface area contributed by atoms with Crippen molar-refractivity contribution in [2.75, 3.05) is 0 Å². The van der Waals surface area contributed by atoms with Crippen molar-refractivity contribution in [1.29, 1.82) is 0 Å². The second kappa shape index (κ2) is 10.6. The van der Waals surface area contributed by atoms with Gasteiger partial charge in [0.25, 0.3) is 0 Å². The second-order valence-electron chi connectivity index (χ2n) is 15.4. The number of fused-ring (bicyclic) bond motifs is 12. The van der Waals surface area contributed by atoms with Gasteiger partial charge in [-0.15, -0.1) is 0 Å². The number of rotatable bonds is 3. The fraction of sp³-hybridized carbons (Fsp3) is 0.0588. The van der Waals surface area contributed by atoms with Crippen LogP contribution in [0.5, 0.6) is 0 Å². The number of hydrogen-bond acceptors (Lipinski definition) is 1. The molecular formula is C51H34N2O. The molecule has 3 nitrogen and oxygen atoms in total. The Bertz CT molecular complexity index is 3350. The minimum Gasteiger partial charge on any atom is -0.456 e. The maximum atomic E-state index is 6.34. The van der Waals surface area contributed by atoms with E-state index in [1.165, 1.54) is 99.1 Å². The third kappa shape index (κ3) is 3.96. The minimum atomic E-state index is -0.179. The van der Waals surface area contributed by atoms with E-state index in [4.69, 9.17) is 4.42 Å². The molecule has 12 rings (SSSR count). The average Bonchev–Trinajstić information content (AvgIpc) is 3.92. The molecule has 11 aromatic rings. The van der Waals surface area contributed by atoms with Gasteiger partial charge in [0.2, 0.25) is 0 Å². The fourth-order valence-electron chi connectivity index (χ4n) is 9.52. The van der Waals surface area contributed by atoms with Crippen LogP contribution in [0.2, 0.25) is 0 Å². The van der Waals surface area contributed by atoms with Crippen LogP contribution in [-0.4, -0.2) is 9.13 Å². The Labute approximate surface area is 311 Å². The van der Waals surface area contributed by atoms with Crippen molar-refractivity contribution in [3.8, 4) is 33.6 Å². The van der Waals surface area contributed by atoms with Crippen molar-refractivity contribution in [3.05, 3.63) is 181 Å². The molecule has 0 saturated carbocycles. The molecule has 3 heteroatoms. The number of hydrogen-bond donors (Lipinski definition) is 0. The first-order chi connectivity index (χ1) is 26.5. The van der Waals surface area contributed by atoms with Gasteiger partial charge in [0.05, 0.1) is 22.1 Å². The van der Waals surface area contributed by atoms with Crippen LogP contribution in [-0.2, 0) is 5.41 Å². The summed E-state index contributed by atoms with van der Waals surface area (Å²) in [7, 11) is 0. The van der Waals surface area contributed by atoms with E-state index in [9.17, 15) is 0 Å².